The molecule has 29 heavy (non-hydrogen) atoms. The number of rotatable bonds is 5. The van der Waals surface area contributed by atoms with E-state index in [1.807, 2.05) is 30.3 Å². The molecule has 0 fully saturated rings. The standard InChI is InChI=1S/C22H20ClN3O2S/c23-18-11-10-15(13-24-18)20(27)26-22-19(16-8-4-5-9-17(16)29-22)21(28)25-12-14-6-2-1-3-7-14/h1-3,6-7,10-11,13H,4-5,8-9,12H2,(H,25,28)(H,26,27). The van der Waals surface area contributed by atoms with E-state index in [4.69, 9.17) is 11.6 Å². The summed E-state index contributed by atoms with van der Waals surface area (Å²) in [5.74, 6) is -0.456. The number of pyridine rings is 1. The van der Waals surface area contributed by atoms with Crippen molar-refractivity contribution in [2.24, 2.45) is 0 Å². The molecule has 7 heteroatoms. The average molecular weight is 426 g/mol. The van der Waals surface area contributed by atoms with Crippen LogP contribution in [0.5, 0.6) is 0 Å². The van der Waals surface area contributed by atoms with Crippen LogP contribution in [0.3, 0.4) is 0 Å². The Kier molecular flexibility index (Phi) is 5.92. The molecule has 2 heterocycles. The average Bonchev–Trinajstić information content (AvgIpc) is 3.11. The molecule has 2 aromatic heterocycles. The van der Waals surface area contributed by atoms with E-state index in [-0.39, 0.29) is 11.8 Å². The number of nitrogens with one attached hydrogen (secondary N) is 2. The molecular weight excluding hydrogens is 406 g/mol. The van der Waals surface area contributed by atoms with E-state index in [0.29, 0.717) is 27.8 Å². The van der Waals surface area contributed by atoms with Crippen LogP contribution in [-0.2, 0) is 19.4 Å². The number of aryl methyl sites for hydroxylation is 1. The molecule has 0 spiro atoms. The summed E-state index contributed by atoms with van der Waals surface area (Å²) in [5, 5.41) is 6.84. The lowest BCUT2D eigenvalue weighted by Gasteiger charge is -2.13. The van der Waals surface area contributed by atoms with Crippen molar-refractivity contribution in [1.29, 1.82) is 0 Å². The van der Waals surface area contributed by atoms with Crippen molar-refractivity contribution in [3.8, 4) is 0 Å². The molecule has 0 bridgehead atoms. The van der Waals surface area contributed by atoms with Gasteiger partial charge in [0.25, 0.3) is 11.8 Å². The summed E-state index contributed by atoms with van der Waals surface area (Å²) in [6.07, 6.45) is 5.39. The van der Waals surface area contributed by atoms with E-state index in [1.54, 1.807) is 12.1 Å². The summed E-state index contributed by atoms with van der Waals surface area (Å²) in [5.41, 5.74) is 3.09. The minimum Gasteiger partial charge on any atom is -0.348 e. The van der Waals surface area contributed by atoms with Crippen molar-refractivity contribution in [2.45, 2.75) is 32.2 Å². The van der Waals surface area contributed by atoms with Gasteiger partial charge >= 0.3 is 0 Å². The molecule has 2 amide bonds. The third-order valence-electron chi connectivity index (χ3n) is 4.91. The van der Waals surface area contributed by atoms with Crippen LogP contribution < -0.4 is 10.6 Å². The third-order valence-corrected chi connectivity index (χ3v) is 6.34. The van der Waals surface area contributed by atoms with Gasteiger partial charge in [0.2, 0.25) is 0 Å². The zero-order chi connectivity index (χ0) is 20.2. The van der Waals surface area contributed by atoms with Crippen LogP contribution in [0.1, 0.15) is 49.6 Å². The fraction of sp³-hybridized carbons (Fsp3) is 0.227. The van der Waals surface area contributed by atoms with Crippen molar-refractivity contribution in [3.05, 3.63) is 80.9 Å². The number of fused-ring (bicyclic) bond motifs is 1. The lowest BCUT2D eigenvalue weighted by Crippen LogP contribution is -2.25. The second-order valence-electron chi connectivity index (χ2n) is 6.91. The minimum absolute atomic E-state index is 0.155. The monoisotopic (exact) mass is 425 g/mol. The van der Waals surface area contributed by atoms with E-state index >= 15 is 0 Å². The largest absolute Gasteiger partial charge is 0.348 e. The van der Waals surface area contributed by atoms with Crippen LogP contribution in [-0.4, -0.2) is 16.8 Å². The number of hydrogen-bond donors (Lipinski definition) is 2. The number of carbonyl (C=O) groups is 2. The molecule has 0 saturated carbocycles. The van der Waals surface area contributed by atoms with E-state index in [0.717, 1.165) is 36.8 Å². The Balaban J connectivity index is 1.58. The second-order valence-corrected chi connectivity index (χ2v) is 8.40. The van der Waals surface area contributed by atoms with Gasteiger partial charge in [-0.1, -0.05) is 41.9 Å². The highest BCUT2D eigenvalue weighted by Gasteiger charge is 2.26. The molecule has 1 aromatic carbocycles. The van der Waals surface area contributed by atoms with Gasteiger partial charge in [0, 0.05) is 17.6 Å². The molecule has 1 aliphatic carbocycles. The molecule has 5 nitrogen and oxygen atoms in total. The first kappa shape index (κ1) is 19.6. The fourth-order valence-electron chi connectivity index (χ4n) is 3.45. The molecule has 0 atom stereocenters. The van der Waals surface area contributed by atoms with Crippen LogP contribution in [0.2, 0.25) is 5.15 Å². The first-order chi connectivity index (χ1) is 14.1. The maximum absolute atomic E-state index is 13.0. The Labute approximate surface area is 178 Å². The molecule has 4 rings (SSSR count). The van der Waals surface area contributed by atoms with Crippen LogP contribution in [0.25, 0.3) is 0 Å². The van der Waals surface area contributed by atoms with E-state index in [1.165, 1.54) is 22.4 Å². The van der Waals surface area contributed by atoms with Crippen LogP contribution in [0.15, 0.2) is 48.7 Å². The molecular formula is C22H20ClN3O2S. The quantitative estimate of drug-likeness (QED) is 0.573. The van der Waals surface area contributed by atoms with Crippen molar-refractivity contribution < 1.29 is 9.59 Å². The van der Waals surface area contributed by atoms with Gasteiger partial charge in [-0.2, -0.15) is 0 Å². The van der Waals surface area contributed by atoms with E-state index < -0.39 is 0 Å². The smallest absolute Gasteiger partial charge is 0.257 e. The van der Waals surface area contributed by atoms with Crippen LogP contribution in [0, 0.1) is 0 Å². The highest BCUT2D eigenvalue weighted by Crippen LogP contribution is 2.38. The van der Waals surface area contributed by atoms with Crippen molar-refractivity contribution >= 4 is 39.8 Å². The van der Waals surface area contributed by atoms with Crippen molar-refractivity contribution in [3.63, 3.8) is 0 Å². The van der Waals surface area contributed by atoms with Gasteiger partial charge in [-0.25, -0.2) is 4.98 Å². The van der Waals surface area contributed by atoms with Gasteiger partial charge in [0.05, 0.1) is 11.1 Å². The van der Waals surface area contributed by atoms with Crippen molar-refractivity contribution in [1.82, 2.24) is 10.3 Å². The molecule has 0 saturated heterocycles. The van der Waals surface area contributed by atoms with Gasteiger partial charge in [-0.05, 0) is 48.9 Å². The normalized spacial score (nSPS) is 12.9. The topological polar surface area (TPSA) is 71.1 Å². The number of amides is 2. The van der Waals surface area contributed by atoms with Gasteiger partial charge in [-0.15, -0.1) is 11.3 Å². The number of benzene rings is 1. The van der Waals surface area contributed by atoms with E-state index in [9.17, 15) is 9.59 Å². The lowest BCUT2D eigenvalue weighted by atomic mass is 9.95. The number of nitrogens with zero attached hydrogens (tertiary/aromatic N) is 1. The van der Waals surface area contributed by atoms with Gasteiger partial charge in [-0.3, -0.25) is 9.59 Å². The zero-order valence-electron chi connectivity index (χ0n) is 15.7. The molecule has 148 valence electrons. The molecule has 0 unspecified atom stereocenters. The SMILES string of the molecule is O=C(Nc1sc2c(c1C(=O)NCc1ccccc1)CCCC2)c1ccc(Cl)nc1. The third kappa shape index (κ3) is 4.49. The summed E-state index contributed by atoms with van der Waals surface area (Å²) in [6, 6.07) is 13.0. The Morgan fingerprint density at radius 1 is 1.03 bits per heavy atom. The number of halogens is 1. The predicted molar refractivity (Wildman–Crippen MR) is 116 cm³/mol. The van der Waals surface area contributed by atoms with Crippen LogP contribution in [0.4, 0.5) is 5.00 Å². The maximum Gasteiger partial charge on any atom is 0.257 e. The number of anilines is 1. The summed E-state index contributed by atoms with van der Waals surface area (Å²) in [6.45, 7) is 0.443. The minimum atomic E-state index is -0.301. The van der Waals surface area contributed by atoms with Gasteiger partial charge in [0.1, 0.15) is 10.2 Å². The first-order valence-corrected chi connectivity index (χ1v) is 10.7. The Bertz CT molecular complexity index is 1030. The predicted octanol–water partition coefficient (Wildman–Crippen LogP) is 4.86. The molecule has 1 aliphatic rings. The molecule has 0 radical (unpaired) electrons. The lowest BCUT2D eigenvalue weighted by molar-refractivity contribution is 0.0951. The highest BCUT2D eigenvalue weighted by atomic mass is 35.5. The number of hydrogen-bond acceptors (Lipinski definition) is 4. The Hall–Kier alpha value is -2.70. The Morgan fingerprint density at radius 2 is 1.83 bits per heavy atom. The van der Waals surface area contributed by atoms with Crippen LogP contribution >= 0.6 is 22.9 Å². The zero-order valence-corrected chi connectivity index (χ0v) is 17.3. The second kappa shape index (κ2) is 8.76. The molecule has 0 aliphatic heterocycles. The summed E-state index contributed by atoms with van der Waals surface area (Å²) < 4.78 is 0. The molecule has 2 N–H and O–H groups in total. The van der Waals surface area contributed by atoms with E-state index in [2.05, 4.69) is 15.6 Å². The maximum atomic E-state index is 13.0. The highest BCUT2D eigenvalue weighted by molar-refractivity contribution is 7.17. The number of carbonyl (C=O) groups excluding carboxylic acids is 2. The van der Waals surface area contributed by atoms with Gasteiger partial charge < -0.3 is 10.6 Å². The fourth-order valence-corrected chi connectivity index (χ4v) is 4.84. The number of aromatic nitrogens is 1. The summed E-state index contributed by atoms with van der Waals surface area (Å²) in [4.78, 5) is 30.9. The first-order valence-electron chi connectivity index (χ1n) is 9.51. The summed E-state index contributed by atoms with van der Waals surface area (Å²) >= 11 is 7.30. The molecule has 3 aromatic rings. The summed E-state index contributed by atoms with van der Waals surface area (Å²) in [7, 11) is 0. The van der Waals surface area contributed by atoms with Gasteiger partial charge in [0.15, 0.2) is 0 Å². The van der Waals surface area contributed by atoms with Crippen molar-refractivity contribution in [2.75, 3.05) is 5.32 Å². The Morgan fingerprint density at radius 3 is 2.59 bits per heavy atom. The number of thiophene rings is 1.